The van der Waals surface area contributed by atoms with Crippen molar-refractivity contribution in [3.63, 3.8) is 0 Å². The SMILES string of the molecule is CCC(CC)(OC)c1noc(C2(C)CCCCN2)n1. The molecule has 0 aliphatic carbocycles. The molecule has 0 radical (unpaired) electrons. The van der Waals surface area contributed by atoms with Crippen LogP contribution in [0.4, 0.5) is 0 Å². The van der Waals surface area contributed by atoms with E-state index >= 15 is 0 Å². The minimum atomic E-state index is -0.424. The van der Waals surface area contributed by atoms with E-state index in [4.69, 9.17) is 9.26 Å². The Morgan fingerprint density at radius 3 is 2.63 bits per heavy atom. The lowest BCUT2D eigenvalue weighted by atomic mass is 9.90. The molecule has 1 fully saturated rings. The normalized spacial score (nSPS) is 24.6. The molecule has 19 heavy (non-hydrogen) atoms. The van der Waals surface area contributed by atoms with Gasteiger partial charge >= 0.3 is 0 Å². The molecular weight excluding hydrogens is 242 g/mol. The third-order valence-electron chi connectivity index (χ3n) is 4.46. The van der Waals surface area contributed by atoms with Crippen molar-refractivity contribution in [3.05, 3.63) is 11.7 Å². The van der Waals surface area contributed by atoms with Gasteiger partial charge in [0.2, 0.25) is 11.7 Å². The van der Waals surface area contributed by atoms with E-state index in [-0.39, 0.29) is 5.54 Å². The monoisotopic (exact) mass is 267 g/mol. The van der Waals surface area contributed by atoms with Crippen LogP contribution in [0.5, 0.6) is 0 Å². The number of methoxy groups -OCH3 is 1. The summed E-state index contributed by atoms with van der Waals surface area (Å²) < 4.78 is 11.2. The zero-order chi connectivity index (χ0) is 13.9. The Morgan fingerprint density at radius 1 is 1.37 bits per heavy atom. The van der Waals surface area contributed by atoms with E-state index in [1.54, 1.807) is 7.11 Å². The van der Waals surface area contributed by atoms with Crippen molar-refractivity contribution in [2.75, 3.05) is 13.7 Å². The zero-order valence-electron chi connectivity index (χ0n) is 12.5. The van der Waals surface area contributed by atoms with E-state index in [0.29, 0.717) is 11.7 Å². The van der Waals surface area contributed by atoms with Crippen LogP contribution < -0.4 is 5.32 Å². The van der Waals surface area contributed by atoms with Gasteiger partial charge in [-0.25, -0.2) is 0 Å². The van der Waals surface area contributed by atoms with Crippen molar-refractivity contribution in [1.29, 1.82) is 0 Å². The predicted octanol–water partition coefficient (Wildman–Crippen LogP) is 2.72. The molecule has 2 heterocycles. The average Bonchev–Trinajstić information content (AvgIpc) is 2.93. The van der Waals surface area contributed by atoms with Crippen molar-refractivity contribution in [1.82, 2.24) is 15.5 Å². The Bertz CT molecular complexity index is 398. The summed E-state index contributed by atoms with van der Waals surface area (Å²) in [5, 5.41) is 7.66. The van der Waals surface area contributed by atoms with E-state index in [9.17, 15) is 0 Å². The summed E-state index contributed by atoms with van der Waals surface area (Å²) in [6, 6.07) is 0. The van der Waals surface area contributed by atoms with Gasteiger partial charge in [-0.05, 0) is 45.6 Å². The molecule has 1 unspecified atom stereocenters. The molecule has 1 atom stereocenters. The molecule has 1 aromatic rings. The number of ether oxygens (including phenoxy) is 1. The quantitative estimate of drug-likeness (QED) is 0.888. The van der Waals surface area contributed by atoms with Gasteiger partial charge in [0.1, 0.15) is 5.60 Å². The van der Waals surface area contributed by atoms with Crippen LogP contribution in [-0.4, -0.2) is 23.8 Å². The van der Waals surface area contributed by atoms with Gasteiger partial charge in [-0.1, -0.05) is 19.0 Å². The fraction of sp³-hybridized carbons (Fsp3) is 0.857. The molecule has 0 bridgehead atoms. The lowest BCUT2D eigenvalue weighted by molar-refractivity contribution is -0.0306. The smallest absolute Gasteiger partial charge is 0.246 e. The highest BCUT2D eigenvalue weighted by Gasteiger charge is 2.38. The summed E-state index contributed by atoms with van der Waals surface area (Å²) >= 11 is 0. The van der Waals surface area contributed by atoms with Gasteiger partial charge in [0.25, 0.3) is 0 Å². The van der Waals surface area contributed by atoms with Crippen LogP contribution >= 0.6 is 0 Å². The van der Waals surface area contributed by atoms with Gasteiger partial charge in [0.05, 0.1) is 5.54 Å². The molecule has 5 nitrogen and oxygen atoms in total. The van der Waals surface area contributed by atoms with Crippen molar-refractivity contribution < 1.29 is 9.26 Å². The highest BCUT2D eigenvalue weighted by Crippen LogP contribution is 2.33. The summed E-state index contributed by atoms with van der Waals surface area (Å²) in [5.74, 6) is 1.36. The second-order valence-electron chi connectivity index (χ2n) is 5.54. The molecule has 0 spiro atoms. The van der Waals surface area contributed by atoms with Gasteiger partial charge in [-0.2, -0.15) is 4.98 Å². The first-order valence-corrected chi connectivity index (χ1v) is 7.25. The van der Waals surface area contributed by atoms with Crippen molar-refractivity contribution in [3.8, 4) is 0 Å². The highest BCUT2D eigenvalue weighted by atomic mass is 16.5. The molecule has 1 saturated heterocycles. The first kappa shape index (κ1) is 14.5. The molecule has 5 heteroatoms. The Labute approximate surface area is 115 Å². The predicted molar refractivity (Wildman–Crippen MR) is 72.8 cm³/mol. The fourth-order valence-corrected chi connectivity index (χ4v) is 2.82. The number of hydrogen-bond acceptors (Lipinski definition) is 5. The molecule has 1 aliphatic heterocycles. The minimum absolute atomic E-state index is 0.190. The number of aromatic nitrogens is 2. The number of hydrogen-bond donors (Lipinski definition) is 1. The van der Waals surface area contributed by atoms with E-state index < -0.39 is 5.60 Å². The van der Waals surface area contributed by atoms with Crippen LogP contribution in [0, 0.1) is 0 Å². The molecule has 1 N–H and O–H groups in total. The first-order chi connectivity index (χ1) is 9.10. The Balaban J connectivity index is 2.27. The lowest BCUT2D eigenvalue weighted by Crippen LogP contribution is -2.43. The second-order valence-corrected chi connectivity index (χ2v) is 5.54. The van der Waals surface area contributed by atoms with Crippen molar-refractivity contribution in [2.24, 2.45) is 0 Å². The van der Waals surface area contributed by atoms with Crippen molar-refractivity contribution >= 4 is 0 Å². The summed E-state index contributed by atoms with van der Waals surface area (Å²) in [6.45, 7) is 7.31. The average molecular weight is 267 g/mol. The number of nitrogens with one attached hydrogen (secondary N) is 1. The van der Waals surface area contributed by atoms with Crippen molar-refractivity contribution in [2.45, 2.75) is 64.0 Å². The van der Waals surface area contributed by atoms with Gasteiger partial charge in [0, 0.05) is 7.11 Å². The topological polar surface area (TPSA) is 60.2 Å². The summed E-state index contributed by atoms with van der Waals surface area (Å²) in [7, 11) is 1.71. The van der Waals surface area contributed by atoms with E-state index in [1.165, 1.54) is 12.8 Å². The number of piperidine rings is 1. The molecule has 0 aromatic carbocycles. The van der Waals surface area contributed by atoms with Crippen LogP contribution in [0.3, 0.4) is 0 Å². The maximum atomic E-state index is 5.65. The summed E-state index contributed by atoms with van der Waals surface area (Å²) in [6.07, 6.45) is 5.11. The van der Waals surface area contributed by atoms with Crippen LogP contribution in [-0.2, 0) is 15.9 Å². The van der Waals surface area contributed by atoms with Gasteiger partial charge in [0.15, 0.2) is 0 Å². The lowest BCUT2D eigenvalue weighted by Gasteiger charge is -2.31. The van der Waals surface area contributed by atoms with E-state index in [2.05, 4.69) is 36.2 Å². The van der Waals surface area contributed by atoms with E-state index in [1.807, 2.05) is 0 Å². The van der Waals surface area contributed by atoms with Crippen LogP contribution in [0.25, 0.3) is 0 Å². The number of rotatable bonds is 5. The summed E-state index contributed by atoms with van der Waals surface area (Å²) in [4.78, 5) is 4.63. The molecule has 0 saturated carbocycles. The first-order valence-electron chi connectivity index (χ1n) is 7.25. The molecule has 108 valence electrons. The minimum Gasteiger partial charge on any atom is -0.370 e. The van der Waals surface area contributed by atoms with Gasteiger partial charge in [-0.3, -0.25) is 0 Å². The standard InChI is InChI=1S/C14H25N3O2/c1-5-14(6-2,18-4)11-16-12(19-17-11)13(3)9-7-8-10-15-13/h15H,5-10H2,1-4H3. The third-order valence-corrected chi connectivity index (χ3v) is 4.46. The van der Waals surface area contributed by atoms with Crippen LogP contribution in [0.15, 0.2) is 4.52 Å². The van der Waals surface area contributed by atoms with Gasteiger partial charge in [-0.15, -0.1) is 0 Å². The third kappa shape index (κ3) is 2.54. The summed E-state index contributed by atoms with van der Waals surface area (Å²) in [5.41, 5.74) is -0.614. The second kappa shape index (κ2) is 5.59. The molecule has 2 rings (SSSR count). The largest absolute Gasteiger partial charge is 0.370 e. The molecule has 1 aromatic heterocycles. The highest BCUT2D eigenvalue weighted by molar-refractivity contribution is 5.07. The fourth-order valence-electron chi connectivity index (χ4n) is 2.82. The van der Waals surface area contributed by atoms with Crippen LogP contribution in [0.1, 0.15) is 64.6 Å². The molecular formula is C14H25N3O2. The Kier molecular flexibility index (Phi) is 4.26. The molecule has 1 aliphatic rings. The maximum Gasteiger partial charge on any atom is 0.246 e. The number of nitrogens with zero attached hydrogens (tertiary/aromatic N) is 2. The van der Waals surface area contributed by atoms with Gasteiger partial charge < -0.3 is 14.6 Å². The zero-order valence-corrected chi connectivity index (χ0v) is 12.5. The van der Waals surface area contributed by atoms with Crippen LogP contribution in [0.2, 0.25) is 0 Å². The van der Waals surface area contributed by atoms with E-state index in [0.717, 1.165) is 25.8 Å². The molecule has 0 amide bonds. The maximum absolute atomic E-state index is 5.65. The Hall–Kier alpha value is -0.940. The Morgan fingerprint density at radius 2 is 2.11 bits per heavy atom.